The number of hydrogen-bond acceptors (Lipinski definition) is 3. The van der Waals surface area contributed by atoms with Crippen LogP contribution >= 0.6 is 0 Å². The van der Waals surface area contributed by atoms with Gasteiger partial charge in [0, 0.05) is 19.6 Å². The Morgan fingerprint density at radius 3 is 2.67 bits per heavy atom. The lowest BCUT2D eigenvalue weighted by Gasteiger charge is -2.36. The molecule has 0 atom stereocenters. The Kier molecular flexibility index (Phi) is 5.01. The van der Waals surface area contributed by atoms with Crippen molar-refractivity contribution < 1.29 is 9.90 Å². The lowest BCUT2D eigenvalue weighted by atomic mass is 9.91. The zero-order valence-electron chi connectivity index (χ0n) is 13.3. The van der Waals surface area contributed by atoms with E-state index in [4.69, 9.17) is 0 Å². The normalized spacial score (nSPS) is 18.5. The fraction of sp³-hybridized carbons (Fsp3) is 0.588. The van der Waals surface area contributed by atoms with Crippen molar-refractivity contribution in [3.8, 4) is 0 Å². The summed E-state index contributed by atoms with van der Waals surface area (Å²) in [4.78, 5) is 14.3. The molecule has 1 fully saturated rings. The number of rotatable bonds is 4. The molecule has 0 unspecified atom stereocenters. The molecule has 0 spiro atoms. The monoisotopic (exact) mass is 290 g/mol. The van der Waals surface area contributed by atoms with Gasteiger partial charge in [-0.3, -0.25) is 4.79 Å². The van der Waals surface area contributed by atoms with Crippen molar-refractivity contribution in [1.29, 1.82) is 0 Å². The Morgan fingerprint density at radius 1 is 1.33 bits per heavy atom. The predicted octanol–water partition coefficient (Wildman–Crippen LogP) is 1.42. The third kappa shape index (κ3) is 4.55. The fourth-order valence-electron chi connectivity index (χ4n) is 2.70. The minimum absolute atomic E-state index is 0.0175. The van der Waals surface area contributed by atoms with Crippen LogP contribution in [0.2, 0.25) is 0 Å². The maximum atomic E-state index is 12.1. The van der Waals surface area contributed by atoms with E-state index in [9.17, 15) is 9.90 Å². The molecule has 1 heterocycles. The zero-order chi connectivity index (χ0) is 15.5. The van der Waals surface area contributed by atoms with E-state index in [1.807, 2.05) is 19.9 Å². The number of carbonyl (C=O) groups is 1. The maximum absolute atomic E-state index is 12.1. The van der Waals surface area contributed by atoms with Crippen LogP contribution in [0.15, 0.2) is 18.2 Å². The van der Waals surface area contributed by atoms with Crippen LogP contribution in [0.4, 0.5) is 0 Å². The molecule has 0 saturated carbocycles. The highest BCUT2D eigenvalue weighted by atomic mass is 16.3. The highest BCUT2D eigenvalue weighted by Gasteiger charge is 2.31. The average Bonchev–Trinajstić information content (AvgIpc) is 2.45. The molecule has 1 aliphatic rings. The number of likely N-dealkylation sites (tertiary alicyclic amines) is 1. The van der Waals surface area contributed by atoms with Gasteiger partial charge in [-0.25, -0.2) is 0 Å². The summed E-state index contributed by atoms with van der Waals surface area (Å²) in [6, 6.07) is 6.15. The van der Waals surface area contributed by atoms with Gasteiger partial charge in [0.2, 0.25) is 5.91 Å². The van der Waals surface area contributed by atoms with Crippen molar-refractivity contribution in [2.24, 2.45) is 0 Å². The molecule has 1 amide bonds. The van der Waals surface area contributed by atoms with Crippen LogP contribution in [-0.2, 0) is 11.2 Å². The molecule has 0 aromatic heterocycles. The van der Waals surface area contributed by atoms with Crippen LogP contribution in [0.5, 0.6) is 0 Å². The third-order valence-electron chi connectivity index (χ3n) is 4.39. The first-order chi connectivity index (χ1) is 9.88. The van der Waals surface area contributed by atoms with Crippen molar-refractivity contribution in [1.82, 2.24) is 10.2 Å². The molecule has 2 N–H and O–H groups in total. The zero-order valence-corrected chi connectivity index (χ0v) is 13.3. The van der Waals surface area contributed by atoms with Crippen molar-refractivity contribution >= 4 is 5.91 Å². The van der Waals surface area contributed by atoms with E-state index in [1.54, 1.807) is 0 Å². The van der Waals surface area contributed by atoms with Crippen molar-refractivity contribution in [3.05, 3.63) is 34.9 Å². The topological polar surface area (TPSA) is 52.6 Å². The summed E-state index contributed by atoms with van der Waals surface area (Å²) in [5.41, 5.74) is 2.61. The standard InChI is InChI=1S/C17H26N2O2/c1-13-4-5-14(2)15(10-13)11-16(20)18-12-17(21)6-8-19(3)9-7-17/h4-5,10,21H,6-9,11-12H2,1-3H3,(H,18,20). The lowest BCUT2D eigenvalue weighted by Crippen LogP contribution is -2.50. The second-order valence-electron chi connectivity index (χ2n) is 6.41. The van der Waals surface area contributed by atoms with Gasteiger partial charge in [0.05, 0.1) is 12.0 Å². The van der Waals surface area contributed by atoms with E-state index in [-0.39, 0.29) is 5.91 Å². The number of carbonyl (C=O) groups excluding carboxylic acids is 1. The molecule has 1 aromatic rings. The van der Waals surface area contributed by atoms with Gasteiger partial charge in [-0.2, -0.15) is 0 Å². The van der Waals surface area contributed by atoms with Gasteiger partial charge >= 0.3 is 0 Å². The van der Waals surface area contributed by atoms with Crippen LogP contribution in [0.1, 0.15) is 29.5 Å². The SMILES string of the molecule is Cc1ccc(C)c(CC(=O)NCC2(O)CCN(C)CC2)c1. The van der Waals surface area contributed by atoms with Crippen LogP contribution in [0.25, 0.3) is 0 Å². The molecule has 0 radical (unpaired) electrons. The molecule has 2 rings (SSSR count). The number of piperidine rings is 1. The average molecular weight is 290 g/mol. The van der Waals surface area contributed by atoms with E-state index in [2.05, 4.69) is 29.4 Å². The second-order valence-corrected chi connectivity index (χ2v) is 6.41. The fourth-order valence-corrected chi connectivity index (χ4v) is 2.70. The van der Waals surface area contributed by atoms with E-state index >= 15 is 0 Å². The van der Waals surface area contributed by atoms with Crippen molar-refractivity contribution in [3.63, 3.8) is 0 Å². The largest absolute Gasteiger partial charge is 0.388 e. The number of hydrogen-bond donors (Lipinski definition) is 2. The first-order valence-corrected chi connectivity index (χ1v) is 7.62. The molecule has 21 heavy (non-hydrogen) atoms. The number of nitrogens with one attached hydrogen (secondary N) is 1. The number of amides is 1. The highest BCUT2D eigenvalue weighted by Crippen LogP contribution is 2.20. The van der Waals surface area contributed by atoms with E-state index in [0.29, 0.717) is 25.8 Å². The van der Waals surface area contributed by atoms with E-state index in [1.165, 1.54) is 0 Å². The quantitative estimate of drug-likeness (QED) is 0.882. The molecule has 1 aliphatic heterocycles. The lowest BCUT2D eigenvalue weighted by molar-refractivity contribution is -0.122. The predicted molar refractivity (Wildman–Crippen MR) is 84.3 cm³/mol. The third-order valence-corrected chi connectivity index (χ3v) is 4.39. The Hall–Kier alpha value is -1.39. The summed E-state index contributed by atoms with van der Waals surface area (Å²) in [7, 11) is 2.05. The van der Waals surface area contributed by atoms with E-state index in [0.717, 1.165) is 29.8 Å². The summed E-state index contributed by atoms with van der Waals surface area (Å²) >= 11 is 0. The van der Waals surface area contributed by atoms with Gasteiger partial charge in [0.15, 0.2) is 0 Å². The van der Waals surface area contributed by atoms with Crippen molar-refractivity contribution in [2.75, 3.05) is 26.7 Å². The number of benzene rings is 1. The van der Waals surface area contributed by atoms with Gasteiger partial charge < -0.3 is 15.3 Å². The number of aryl methyl sites for hydroxylation is 2. The molecular formula is C17H26N2O2. The molecule has 1 saturated heterocycles. The van der Waals surface area contributed by atoms with Crippen LogP contribution in [0, 0.1) is 13.8 Å². The first-order valence-electron chi connectivity index (χ1n) is 7.62. The van der Waals surface area contributed by atoms with E-state index < -0.39 is 5.60 Å². The first kappa shape index (κ1) is 16.0. The Morgan fingerprint density at radius 2 is 2.00 bits per heavy atom. The molecule has 116 valence electrons. The molecule has 1 aromatic carbocycles. The Balaban J connectivity index is 1.86. The van der Waals surface area contributed by atoms with Crippen LogP contribution in [-0.4, -0.2) is 48.2 Å². The summed E-state index contributed by atoms with van der Waals surface area (Å²) in [5, 5.41) is 13.4. The summed E-state index contributed by atoms with van der Waals surface area (Å²) in [6.07, 6.45) is 1.81. The molecule has 0 bridgehead atoms. The smallest absolute Gasteiger partial charge is 0.224 e. The van der Waals surface area contributed by atoms with Crippen LogP contribution < -0.4 is 5.32 Å². The second kappa shape index (κ2) is 6.58. The van der Waals surface area contributed by atoms with Crippen molar-refractivity contribution in [2.45, 2.75) is 38.7 Å². The molecule has 4 heteroatoms. The molecule has 0 aliphatic carbocycles. The molecular weight excluding hydrogens is 264 g/mol. The van der Waals surface area contributed by atoms with Gasteiger partial charge in [-0.15, -0.1) is 0 Å². The van der Waals surface area contributed by atoms with Gasteiger partial charge in [0.25, 0.3) is 0 Å². The Bertz CT molecular complexity index is 506. The highest BCUT2D eigenvalue weighted by molar-refractivity contribution is 5.79. The summed E-state index contributed by atoms with van der Waals surface area (Å²) in [5.74, 6) is -0.0175. The van der Waals surface area contributed by atoms with Crippen LogP contribution in [0.3, 0.4) is 0 Å². The minimum Gasteiger partial charge on any atom is -0.388 e. The number of nitrogens with zero attached hydrogens (tertiary/aromatic N) is 1. The van der Waals surface area contributed by atoms with Gasteiger partial charge in [-0.1, -0.05) is 23.8 Å². The maximum Gasteiger partial charge on any atom is 0.224 e. The summed E-state index contributed by atoms with van der Waals surface area (Å²) < 4.78 is 0. The molecule has 4 nitrogen and oxygen atoms in total. The van der Waals surface area contributed by atoms with Gasteiger partial charge in [0.1, 0.15) is 0 Å². The number of aliphatic hydroxyl groups is 1. The minimum atomic E-state index is -0.746. The Labute approximate surface area is 127 Å². The van der Waals surface area contributed by atoms with Gasteiger partial charge in [-0.05, 0) is 44.9 Å². The summed E-state index contributed by atoms with van der Waals surface area (Å²) in [6.45, 7) is 6.16.